The third-order valence-electron chi connectivity index (χ3n) is 5.17. The van der Waals surface area contributed by atoms with Gasteiger partial charge in [-0.2, -0.15) is 0 Å². The molecular weight excluding hydrogens is 430 g/mol. The fourth-order valence-electron chi connectivity index (χ4n) is 3.62. The summed E-state index contributed by atoms with van der Waals surface area (Å²) in [4.78, 5) is 62.5. The highest BCUT2D eigenvalue weighted by Crippen LogP contribution is 2.30. The Balaban J connectivity index is 0.00000149. The van der Waals surface area contributed by atoms with E-state index in [1.165, 1.54) is 18.2 Å². The predicted octanol–water partition coefficient (Wildman–Crippen LogP) is 1.80. The monoisotopic (exact) mass is 455 g/mol. The van der Waals surface area contributed by atoms with E-state index in [0.29, 0.717) is 23.7 Å². The van der Waals surface area contributed by atoms with E-state index in [-0.39, 0.29) is 29.7 Å². The van der Waals surface area contributed by atoms with Crippen molar-refractivity contribution in [3.05, 3.63) is 40.6 Å². The molecule has 0 bridgehead atoms. The summed E-state index contributed by atoms with van der Waals surface area (Å²) < 4.78 is 5.33. The summed E-state index contributed by atoms with van der Waals surface area (Å²) in [5.74, 6) is -2.55. The lowest BCUT2D eigenvalue weighted by molar-refractivity contribution is -0.136. The predicted molar refractivity (Wildman–Crippen MR) is 117 cm³/mol. The van der Waals surface area contributed by atoms with E-state index < -0.39 is 35.6 Å². The average Bonchev–Trinajstić information content (AvgIpc) is 3.27. The van der Waals surface area contributed by atoms with Gasteiger partial charge in [-0.25, -0.2) is 0 Å². The van der Waals surface area contributed by atoms with Crippen LogP contribution in [0.15, 0.2) is 18.2 Å². The number of H-pyrrole nitrogens is 1. The summed E-state index contributed by atoms with van der Waals surface area (Å²) >= 11 is 0. The number of anilines is 1. The minimum Gasteiger partial charge on any atom is -0.477 e. The van der Waals surface area contributed by atoms with Gasteiger partial charge in [0.05, 0.1) is 17.7 Å². The SMILES string of the molecule is CC.CCOc1n[nH]c(C(=O)Nc2ccc3c(c2)C(=O)N(C2CCC(=O)NC2=O)C3=O)c1C. The lowest BCUT2D eigenvalue weighted by Gasteiger charge is -2.27. The molecule has 2 aliphatic rings. The number of nitrogens with zero attached hydrogens (tertiary/aromatic N) is 2. The van der Waals surface area contributed by atoms with Crippen molar-refractivity contribution >= 4 is 35.2 Å². The second kappa shape index (κ2) is 9.63. The highest BCUT2D eigenvalue weighted by molar-refractivity contribution is 6.24. The molecule has 1 fully saturated rings. The summed E-state index contributed by atoms with van der Waals surface area (Å²) in [5.41, 5.74) is 1.24. The maximum Gasteiger partial charge on any atom is 0.274 e. The maximum atomic E-state index is 12.9. The van der Waals surface area contributed by atoms with E-state index in [0.717, 1.165) is 4.90 Å². The topological polar surface area (TPSA) is 151 Å². The van der Waals surface area contributed by atoms with Gasteiger partial charge in [0.2, 0.25) is 17.7 Å². The van der Waals surface area contributed by atoms with Crippen LogP contribution in [-0.2, 0) is 9.59 Å². The van der Waals surface area contributed by atoms with E-state index in [1.807, 2.05) is 13.8 Å². The van der Waals surface area contributed by atoms with E-state index in [9.17, 15) is 24.0 Å². The molecule has 2 aliphatic heterocycles. The number of carbonyl (C=O) groups is 5. The fourth-order valence-corrected chi connectivity index (χ4v) is 3.62. The normalized spacial score (nSPS) is 17.2. The molecule has 1 aromatic carbocycles. The number of rotatable bonds is 5. The number of aromatic amines is 1. The number of ether oxygens (including phenoxy) is 1. The number of fused-ring (bicyclic) bond motifs is 1. The molecule has 1 aromatic heterocycles. The van der Waals surface area contributed by atoms with Crippen LogP contribution >= 0.6 is 0 Å². The molecule has 11 heteroatoms. The molecular formula is C22H25N5O6. The van der Waals surface area contributed by atoms with E-state index in [4.69, 9.17) is 4.74 Å². The van der Waals surface area contributed by atoms with Gasteiger partial charge in [-0.05, 0) is 38.5 Å². The van der Waals surface area contributed by atoms with Gasteiger partial charge in [-0.15, -0.1) is 5.10 Å². The molecule has 2 aromatic rings. The molecule has 1 saturated heterocycles. The average molecular weight is 455 g/mol. The van der Waals surface area contributed by atoms with Crippen molar-refractivity contribution in [3.63, 3.8) is 0 Å². The van der Waals surface area contributed by atoms with Crippen molar-refractivity contribution in [2.24, 2.45) is 0 Å². The molecule has 33 heavy (non-hydrogen) atoms. The van der Waals surface area contributed by atoms with Gasteiger partial charge in [0, 0.05) is 17.7 Å². The van der Waals surface area contributed by atoms with Crippen LogP contribution in [0, 0.1) is 6.92 Å². The number of hydrogen-bond acceptors (Lipinski definition) is 7. The fraction of sp³-hybridized carbons (Fsp3) is 0.364. The van der Waals surface area contributed by atoms with Gasteiger partial charge < -0.3 is 10.1 Å². The van der Waals surface area contributed by atoms with E-state index in [1.54, 1.807) is 13.8 Å². The first-order valence-electron chi connectivity index (χ1n) is 10.7. The first-order valence-corrected chi connectivity index (χ1v) is 10.7. The van der Waals surface area contributed by atoms with Crippen LogP contribution in [0.3, 0.4) is 0 Å². The number of aromatic nitrogens is 2. The largest absolute Gasteiger partial charge is 0.477 e. The Morgan fingerprint density at radius 2 is 1.88 bits per heavy atom. The third-order valence-corrected chi connectivity index (χ3v) is 5.17. The second-order valence-corrected chi connectivity index (χ2v) is 7.12. The Morgan fingerprint density at radius 3 is 2.55 bits per heavy atom. The van der Waals surface area contributed by atoms with Gasteiger partial charge in [0.25, 0.3) is 17.7 Å². The molecule has 5 amide bonds. The van der Waals surface area contributed by atoms with Crippen LogP contribution in [0.1, 0.15) is 70.4 Å². The standard InChI is InChI=1S/C20H19N5O6.C2H6/c1-3-31-18-9(2)15(23-24-18)17(28)21-10-4-5-11-12(8-10)20(30)25(19(11)29)13-6-7-14(26)22-16(13)27;1-2/h4-5,8,13H,3,6-7H2,1-2H3,(H,21,28)(H,23,24)(H,22,26,27);1-2H3. The smallest absolute Gasteiger partial charge is 0.274 e. The first kappa shape index (κ1) is 23.6. The van der Waals surface area contributed by atoms with Crippen molar-refractivity contribution in [1.82, 2.24) is 20.4 Å². The Labute approximate surface area is 189 Å². The number of piperidine rings is 1. The molecule has 3 N–H and O–H groups in total. The summed E-state index contributed by atoms with van der Waals surface area (Å²) in [6.45, 7) is 7.89. The van der Waals surface area contributed by atoms with Gasteiger partial charge in [-0.1, -0.05) is 13.8 Å². The Kier molecular flexibility index (Phi) is 6.90. The first-order chi connectivity index (χ1) is 15.8. The van der Waals surface area contributed by atoms with Gasteiger partial charge in [0.15, 0.2) is 0 Å². The summed E-state index contributed by atoms with van der Waals surface area (Å²) in [6, 6.07) is 3.25. The van der Waals surface area contributed by atoms with Crippen molar-refractivity contribution < 1.29 is 28.7 Å². The molecule has 0 radical (unpaired) electrons. The van der Waals surface area contributed by atoms with Crippen molar-refractivity contribution in [1.29, 1.82) is 0 Å². The summed E-state index contributed by atoms with van der Waals surface area (Å²) in [6.07, 6.45) is 0.110. The summed E-state index contributed by atoms with van der Waals surface area (Å²) in [5, 5.41) is 11.4. The van der Waals surface area contributed by atoms with Crippen molar-refractivity contribution in [2.75, 3.05) is 11.9 Å². The zero-order chi connectivity index (χ0) is 24.3. The molecule has 11 nitrogen and oxygen atoms in total. The Hall–Kier alpha value is -4.02. The highest BCUT2D eigenvalue weighted by Gasteiger charge is 2.44. The Bertz CT molecular complexity index is 1140. The van der Waals surface area contributed by atoms with Crippen LogP contribution in [0.25, 0.3) is 0 Å². The molecule has 0 saturated carbocycles. The number of nitrogens with one attached hydrogen (secondary N) is 3. The van der Waals surface area contributed by atoms with Crippen molar-refractivity contribution in [2.45, 2.75) is 46.6 Å². The quantitative estimate of drug-likeness (QED) is 0.582. The molecule has 4 rings (SSSR count). The minimum atomic E-state index is -1.05. The third kappa shape index (κ3) is 4.34. The lowest BCUT2D eigenvalue weighted by Crippen LogP contribution is -2.54. The lowest BCUT2D eigenvalue weighted by atomic mass is 10.0. The van der Waals surface area contributed by atoms with E-state index >= 15 is 0 Å². The number of benzene rings is 1. The van der Waals surface area contributed by atoms with Crippen LogP contribution in [0.2, 0.25) is 0 Å². The summed E-state index contributed by atoms with van der Waals surface area (Å²) in [7, 11) is 0. The zero-order valence-corrected chi connectivity index (χ0v) is 18.8. The number of amides is 5. The number of carbonyl (C=O) groups excluding carboxylic acids is 5. The van der Waals surface area contributed by atoms with Crippen LogP contribution in [0.5, 0.6) is 5.88 Å². The van der Waals surface area contributed by atoms with Crippen molar-refractivity contribution in [3.8, 4) is 5.88 Å². The molecule has 1 unspecified atom stereocenters. The van der Waals surface area contributed by atoms with Crippen LogP contribution in [0.4, 0.5) is 5.69 Å². The molecule has 3 heterocycles. The highest BCUT2D eigenvalue weighted by atomic mass is 16.5. The second-order valence-electron chi connectivity index (χ2n) is 7.12. The van der Waals surface area contributed by atoms with Crippen LogP contribution in [-0.4, -0.2) is 57.3 Å². The van der Waals surface area contributed by atoms with Gasteiger partial charge in [0.1, 0.15) is 11.7 Å². The molecule has 0 spiro atoms. The van der Waals surface area contributed by atoms with Gasteiger partial charge in [-0.3, -0.25) is 39.3 Å². The number of imide groups is 2. The zero-order valence-electron chi connectivity index (χ0n) is 18.8. The number of hydrogen-bond donors (Lipinski definition) is 3. The maximum absolute atomic E-state index is 12.9. The molecule has 1 atom stereocenters. The Morgan fingerprint density at radius 1 is 1.18 bits per heavy atom. The van der Waals surface area contributed by atoms with Gasteiger partial charge >= 0.3 is 0 Å². The minimum absolute atomic E-state index is 0.0401. The van der Waals surface area contributed by atoms with E-state index in [2.05, 4.69) is 20.8 Å². The van der Waals surface area contributed by atoms with Crippen LogP contribution < -0.4 is 15.4 Å². The molecule has 0 aliphatic carbocycles. The molecule has 174 valence electrons.